The molecule has 0 heteroatoms. The molecular formula is C16H12. The molecule has 3 aliphatic rings. The normalized spacial score (nSPS) is 27.0. The molecule has 2 unspecified atom stereocenters. The van der Waals surface area contributed by atoms with Crippen LogP contribution in [0, 0.1) is 0 Å². The second-order valence-corrected chi connectivity index (χ2v) is 4.61. The van der Waals surface area contributed by atoms with E-state index < -0.39 is 0 Å². The predicted octanol–water partition coefficient (Wildman–Crippen LogP) is 2.12. The van der Waals surface area contributed by atoms with Crippen LogP contribution in [0.4, 0.5) is 0 Å². The topological polar surface area (TPSA) is 0 Å². The zero-order valence-electron chi connectivity index (χ0n) is 8.93. The van der Waals surface area contributed by atoms with E-state index in [-0.39, 0.29) is 0 Å². The first-order valence-electron chi connectivity index (χ1n) is 5.82. The van der Waals surface area contributed by atoms with Gasteiger partial charge >= 0.3 is 0 Å². The molecule has 0 saturated heterocycles. The molecular weight excluding hydrogens is 192 g/mol. The van der Waals surface area contributed by atoms with E-state index in [1.54, 1.807) is 0 Å². The SMILES string of the molecule is C1=CC2C=CC3C=CC=c4ccc(c2c43)=C1. The van der Waals surface area contributed by atoms with Crippen LogP contribution in [0.15, 0.2) is 48.6 Å². The maximum Gasteiger partial charge on any atom is 0.0211 e. The van der Waals surface area contributed by atoms with E-state index in [0.717, 1.165) is 0 Å². The average molecular weight is 204 g/mol. The predicted molar refractivity (Wildman–Crippen MR) is 67.5 cm³/mol. The fourth-order valence-electron chi connectivity index (χ4n) is 3.02. The second-order valence-electron chi connectivity index (χ2n) is 4.61. The van der Waals surface area contributed by atoms with Crippen molar-refractivity contribution in [2.75, 3.05) is 0 Å². The molecule has 0 amide bonds. The molecule has 0 N–H and O–H groups in total. The Balaban J connectivity index is 2.22. The Labute approximate surface area is 94.6 Å². The van der Waals surface area contributed by atoms with Gasteiger partial charge in [-0.1, -0.05) is 60.7 Å². The molecule has 1 aromatic rings. The summed E-state index contributed by atoms with van der Waals surface area (Å²) in [5.41, 5.74) is 3.04. The molecule has 0 aromatic heterocycles. The first-order chi connectivity index (χ1) is 7.93. The lowest BCUT2D eigenvalue weighted by atomic mass is 9.77. The summed E-state index contributed by atoms with van der Waals surface area (Å²) >= 11 is 0. The van der Waals surface area contributed by atoms with E-state index in [1.807, 2.05) is 0 Å². The van der Waals surface area contributed by atoms with Gasteiger partial charge in [-0.3, -0.25) is 0 Å². The van der Waals surface area contributed by atoms with Crippen LogP contribution in [0.2, 0.25) is 0 Å². The molecule has 0 bridgehead atoms. The largest absolute Gasteiger partial charge is 0.0763 e. The quantitative estimate of drug-likeness (QED) is 0.568. The molecule has 2 atom stereocenters. The summed E-state index contributed by atoms with van der Waals surface area (Å²) in [6.45, 7) is 0. The van der Waals surface area contributed by atoms with Gasteiger partial charge in [0.1, 0.15) is 0 Å². The molecule has 3 aliphatic carbocycles. The van der Waals surface area contributed by atoms with Crippen molar-refractivity contribution >= 4 is 12.2 Å². The van der Waals surface area contributed by atoms with E-state index in [2.05, 4.69) is 60.7 Å². The van der Waals surface area contributed by atoms with E-state index in [1.165, 1.54) is 21.6 Å². The van der Waals surface area contributed by atoms with Crippen LogP contribution in [-0.2, 0) is 0 Å². The third kappa shape index (κ3) is 0.943. The molecule has 0 aliphatic heterocycles. The highest BCUT2D eigenvalue weighted by Crippen LogP contribution is 2.33. The van der Waals surface area contributed by atoms with E-state index in [9.17, 15) is 0 Å². The Morgan fingerprint density at radius 3 is 1.62 bits per heavy atom. The maximum atomic E-state index is 2.33. The van der Waals surface area contributed by atoms with Gasteiger partial charge in [0.25, 0.3) is 0 Å². The van der Waals surface area contributed by atoms with Gasteiger partial charge in [-0.2, -0.15) is 0 Å². The molecule has 16 heavy (non-hydrogen) atoms. The Morgan fingerprint density at radius 2 is 1.12 bits per heavy atom. The van der Waals surface area contributed by atoms with E-state index in [4.69, 9.17) is 0 Å². The van der Waals surface area contributed by atoms with Gasteiger partial charge in [0.2, 0.25) is 0 Å². The highest BCUT2D eigenvalue weighted by molar-refractivity contribution is 5.60. The van der Waals surface area contributed by atoms with Crippen molar-refractivity contribution in [3.8, 4) is 0 Å². The van der Waals surface area contributed by atoms with Gasteiger partial charge in [-0.05, 0) is 21.6 Å². The Morgan fingerprint density at radius 1 is 0.625 bits per heavy atom. The standard InChI is InChI=1S/C16H12/c1-3-11-7-9-13-5-2-6-14-10-8-12(4-1)15(11)16(13)14/h1-11,13H. The summed E-state index contributed by atoms with van der Waals surface area (Å²) in [5, 5.41) is 2.79. The highest BCUT2D eigenvalue weighted by Gasteiger charge is 2.23. The molecule has 0 fully saturated rings. The molecule has 0 radical (unpaired) electrons. The maximum absolute atomic E-state index is 2.33. The van der Waals surface area contributed by atoms with Crippen molar-refractivity contribution in [2.45, 2.75) is 11.8 Å². The first-order valence-corrected chi connectivity index (χ1v) is 5.82. The summed E-state index contributed by atoms with van der Waals surface area (Å²) in [5.74, 6) is 0.984. The minimum absolute atomic E-state index is 0.492. The second kappa shape index (κ2) is 2.85. The Bertz CT molecular complexity index is 610. The van der Waals surface area contributed by atoms with Crippen LogP contribution in [0.25, 0.3) is 12.2 Å². The van der Waals surface area contributed by atoms with Crippen LogP contribution in [0.1, 0.15) is 23.0 Å². The molecule has 0 spiro atoms. The van der Waals surface area contributed by atoms with Crippen LogP contribution >= 0.6 is 0 Å². The molecule has 0 heterocycles. The van der Waals surface area contributed by atoms with E-state index in [0.29, 0.717) is 11.8 Å². The third-order valence-corrected chi connectivity index (χ3v) is 3.74. The minimum Gasteiger partial charge on any atom is -0.0763 e. The number of allylic oxidation sites excluding steroid dienone is 6. The number of benzene rings is 1. The van der Waals surface area contributed by atoms with Gasteiger partial charge < -0.3 is 0 Å². The summed E-state index contributed by atoms with van der Waals surface area (Å²) in [6, 6.07) is 4.49. The smallest absolute Gasteiger partial charge is 0.0211 e. The van der Waals surface area contributed by atoms with Gasteiger partial charge in [-0.25, -0.2) is 0 Å². The van der Waals surface area contributed by atoms with Crippen molar-refractivity contribution in [1.29, 1.82) is 0 Å². The monoisotopic (exact) mass is 204 g/mol. The number of rotatable bonds is 0. The Hall–Kier alpha value is -1.82. The van der Waals surface area contributed by atoms with Crippen LogP contribution in [-0.4, -0.2) is 0 Å². The average Bonchev–Trinajstić information content (AvgIpc) is 2.36. The molecule has 0 saturated carbocycles. The van der Waals surface area contributed by atoms with Gasteiger partial charge in [0, 0.05) is 11.8 Å². The van der Waals surface area contributed by atoms with Crippen LogP contribution in [0.5, 0.6) is 0 Å². The van der Waals surface area contributed by atoms with Crippen molar-refractivity contribution in [1.82, 2.24) is 0 Å². The fourth-order valence-corrected chi connectivity index (χ4v) is 3.02. The highest BCUT2D eigenvalue weighted by atomic mass is 14.3. The molecule has 1 aromatic carbocycles. The summed E-state index contributed by atoms with van der Waals surface area (Å²) in [7, 11) is 0. The van der Waals surface area contributed by atoms with E-state index >= 15 is 0 Å². The zero-order valence-corrected chi connectivity index (χ0v) is 8.93. The van der Waals surface area contributed by atoms with Crippen molar-refractivity contribution in [3.63, 3.8) is 0 Å². The van der Waals surface area contributed by atoms with Crippen LogP contribution < -0.4 is 10.4 Å². The van der Waals surface area contributed by atoms with Gasteiger partial charge in [0.15, 0.2) is 0 Å². The molecule has 76 valence electrons. The summed E-state index contributed by atoms with van der Waals surface area (Å²) < 4.78 is 0. The van der Waals surface area contributed by atoms with Gasteiger partial charge in [0.05, 0.1) is 0 Å². The van der Waals surface area contributed by atoms with Crippen molar-refractivity contribution < 1.29 is 0 Å². The molecule has 0 nitrogen and oxygen atoms in total. The van der Waals surface area contributed by atoms with Crippen molar-refractivity contribution in [3.05, 3.63) is 70.2 Å². The van der Waals surface area contributed by atoms with Crippen LogP contribution in [0.3, 0.4) is 0 Å². The Kier molecular flexibility index (Phi) is 1.49. The van der Waals surface area contributed by atoms with Crippen molar-refractivity contribution in [2.24, 2.45) is 0 Å². The number of hydrogen-bond acceptors (Lipinski definition) is 0. The lowest BCUT2D eigenvalue weighted by molar-refractivity contribution is 0.902. The first kappa shape index (κ1) is 8.35. The lowest BCUT2D eigenvalue weighted by Crippen LogP contribution is -2.28. The fraction of sp³-hybridized carbons (Fsp3) is 0.125. The summed E-state index contributed by atoms with van der Waals surface area (Å²) in [6.07, 6.45) is 18.0. The third-order valence-electron chi connectivity index (χ3n) is 3.74. The minimum atomic E-state index is 0.492. The number of hydrogen-bond donors (Lipinski definition) is 0. The molecule has 4 rings (SSSR count). The van der Waals surface area contributed by atoms with Gasteiger partial charge in [-0.15, -0.1) is 0 Å². The summed E-state index contributed by atoms with van der Waals surface area (Å²) in [4.78, 5) is 0. The lowest BCUT2D eigenvalue weighted by Gasteiger charge is -2.27. The zero-order chi connectivity index (χ0) is 10.5.